The van der Waals surface area contributed by atoms with E-state index in [1.165, 1.54) is 9.96 Å². The zero-order valence-corrected chi connectivity index (χ0v) is 20.7. The van der Waals surface area contributed by atoms with Crippen LogP contribution in [-0.2, 0) is 19.2 Å². The van der Waals surface area contributed by atoms with Crippen molar-refractivity contribution < 1.29 is 28.8 Å². The van der Waals surface area contributed by atoms with E-state index in [2.05, 4.69) is 16.2 Å². The number of hydroxylamine groups is 2. The van der Waals surface area contributed by atoms with Crippen LogP contribution in [0.1, 0.15) is 65.0 Å². The highest BCUT2D eigenvalue weighted by atomic mass is 16.7. The zero-order valence-electron chi connectivity index (χ0n) is 20.7. The van der Waals surface area contributed by atoms with Crippen LogP contribution < -0.4 is 16.2 Å². The number of amides is 5. The Kier molecular flexibility index (Phi) is 8.55. The van der Waals surface area contributed by atoms with Gasteiger partial charge in [0.05, 0.1) is 12.6 Å². The highest BCUT2D eigenvalue weighted by molar-refractivity contribution is 5.92. The molecular weight excluding hydrogens is 454 g/mol. The Bertz CT molecular complexity index is 919. The van der Waals surface area contributed by atoms with Gasteiger partial charge in [0.1, 0.15) is 17.7 Å². The maximum absolute atomic E-state index is 12.9. The van der Waals surface area contributed by atoms with Crippen molar-refractivity contribution in [3.8, 4) is 0 Å². The molecule has 0 saturated carbocycles. The minimum absolute atomic E-state index is 0.0847. The van der Waals surface area contributed by atoms with Gasteiger partial charge >= 0.3 is 12.1 Å². The van der Waals surface area contributed by atoms with Crippen LogP contribution in [0.2, 0.25) is 0 Å². The molecule has 2 aliphatic rings. The number of benzene rings is 1. The maximum atomic E-state index is 12.9. The summed E-state index contributed by atoms with van der Waals surface area (Å²) >= 11 is 0. The SMILES string of the molecule is CCCCON1C(=O)N2C[C@@H]1CC[C@H]2C(=O)NNC(=O)C(NC(=O)OC(C)(C)C)c1ccccc1. The Morgan fingerprint density at radius 3 is 2.49 bits per heavy atom. The molecule has 1 unspecified atom stereocenters. The van der Waals surface area contributed by atoms with Crippen LogP contribution in [0.4, 0.5) is 9.59 Å². The van der Waals surface area contributed by atoms with Gasteiger partial charge in [0.25, 0.3) is 11.8 Å². The third kappa shape index (κ3) is 6.84. The molecule has 2 bridgehead atoms. The molecular formula is C24H35N5O6. The molecule has 3 atom stereocenters. The van der Waals surface area contributed by atoms with Gasteiger partial charge in [-0.25, -0.2) is 9.59 Å². The number of fused-ring (bicyclic) bond motifs is 2. The molecule has 2 saturated heterocycles. The summed E-state index contributed by atoms with van der Waals surface area (Å²) < 4.78 is 5.27. The predicted molar refractivity (Wildman–Crippen MR) is 126 cm³/mol. The molecule has 0 radical (unpaired) electrons. The van der Waals surface area contributed by atoms with Gasteiger partial charge in [-0.2, -0.15) is 5.06 Å². The Labute approximate surface area is 205 Å². The topological polar surface area (TPSA) is 129 Å². The maximum Gasteiger partial charge on any atom is 0.408 e. The van der Waals surface area contributed by atoms with Gasteiger partial charge in [-0.1, -0.05) is 43.7 Å². The lowest BCUT2D eigenvalue weighted by Crippen LogP contribution is -2.55. The first-order valence-electron chi connectivity index (χ1n) is 12.0. The van der Waals surface area contributed by atoms with E-state index in [1.54, 1.807) is 51.1 Å². The number of nitrogens with one attached hydrogen (secondary N) is 3. The molecule has 2 aliphatic heterocycles. The fraction of sp³-hybridized carbons (Fsp3) is 0.583. The van der Waals surface area contributed by atoms with E-state index < -0.39 is 35.6 Å². The average molecular weight is 490 g/mol. The van der Waals surface area contributed by atoms with Crippen LogP contribution >= 0.6 is 0 Å². The Balaban J connectivity index is 1.60. The molecule has 11 nitrogen and oxygen atoms in total. The van der Waals surface area contributed by atoms with E-state index in [-0.39, 0.29) is 12.1 Å². The first-order chi connectivity index (χ1) is 16.6. The van der Waals surface area contributed by atoms with Crippen molar-refractivity contribution in [2.75, 3.05) is 13.2 Å². The van der Waals surface area contributed by atoms with Gasteiger partial charge < -0.3 is 15.0 Å². The Hall–Kier alpha value is -3.34. The quantitative estimate of drug-likeness (QED) is 0.380. The number of carbonyl (C=O) groups excluding carboxylic acids is 4. The van der Waals surface area contributed by atoms with Crippen molar-refractivity contribution in [3.63, 3.8) is 0 Å². The fourth-order valence-electron chi connectivity index (χ4n) is 4.03. The summed E-state index contributed by atoms with van der Waals surface area (Å²) in [5, 5.41) is 3.92. The second kappa shape index (κ2) is 11.4. The number of urea groups is 1. The van der Waals surface area contributed by atoms with Crippen LogP contribution in [0.3, 0.4) is 0 Å². The summed E-state index contributed by atoms with van der Waals surface area (Å²) in [5.41, 5.74) is 4.56. The van der Waals surface area contributed by atoms with Gasteiger partial charge in [-0.05, 0) is 45.6 Å². The number of alkyl carbamates (subject to hydrolysis) is 1. The molecule has 5 amide bonds. The predicted octanol–water partition coefficient (Wildman–Crippen LogP) is 2.40. The summed E-state index contributed by atoms with van der Waals surface area (Å²) in [4.78, 5) is 58.0. The number of hydrogen-bond donors (Lipinski definition) is 3. The van der Waals surface area contributed by atoms with Crippen LogP contribution in [0.15, 0.2) is 30.3 Å². The van der Waals surface area contributed by atoms with E-state index in [9.17, 15) is 19.2 Å². The van der Waals surface area contributed by atoms with Crippen molar-refractivity contribution in [1.29, 1.82) is 0 Å². The van der Waals surface area contributed by atoms with Gasteiger partial charge in [-0.3, -0.25) is 25.3 Å². The molecule has 2 fully saturated rings. The average Bonchev–Trinajstić information content (AvgIpc) is 3.05. The van der Waals surface area contributed by atoms with Crippen molar-refractivity contribution in [2.24, 2.45) is 0 Å². The molecule has 3 rings (SSSR count). The molecule has 0 spiro atoms. The Morgan fingerprint density at radius 2 is 1.83 bits per heavy atom. The van der Waals surface area contributed by atoms with Gasteiger partial charge in [0.2, 0.25) is 0 Å². The molecule has 11 heteroatoms. The fourth-order valence-corrected chi connectivity index (χ4v) is 4.03. The first-order valence-corrected chi connectivity index (χ1v) is 12.0. The number of hydrogen-bond acceptors (Lipinski definition) is 6. The molecule has 192 valence electrons. The molecule has 1 aromatic rings. The standard InChI is InChI=1S/C24H35N5O6/c1-5-6-14-34-29-17-12-13-18(28(15-17)23(29)33)20(30)26-27-21(31)19(16-10-8-7-9-11-16)25-22(32)35-24(2,3)4/h7-11,17-19H,5-6,12-15H2,1-4H3,(H,25,32)(H,26,30)(H,27,31)/t17-,18-,19?/m0/s1. The second-order valence-corrected chi connectivity index (χ2v) is 9.66. The van der Waals surface area contributed by atoms with Gasteiger partial charge in [0.15, 0.2) is 0 Å². The number of unbranched alkanes of at least 4 members (excludes halogenated alkanes) is 1. The van der Waals surface area contributed by atoms with Crippen molar-refractivity contribution in [1.82, 2.24) is 26.1 Å². The summed E-state index contributed by atoms with van der Waals surface area (Å²) in [6.45, 7) is 8.03. The lowest BCUT2D eigenvalue weighted by atomic mass is 10.0. The van der Waals surface area contributed by atoms with Crippen LogP contribution in [0, 0.1) is 0 Å². The smallest absolute Gasteiger partial charge is 0.408 e. The van der Waals surface area contributed by atoms with Crippen LogP contribution in [0.5, 0.6) is 0 Å². The minimum Gasteiger partial charge on any atom is -0.444 e. The minimum atomic E-state index is -1.10. The largest absolute Gasteiger partial charge is 0.444 e. The van der Waals surface area contributed by atoms with Crippen molar-refractivity contribution in [3.05, 3.63) is 35.9 Å². The highest BCUT2D eigenvalue weighted by Gasteiger charge is 2.48. The number of carbonyl (C=O) groups is 4. The van der Waals surface area contributed by atoms with Gasteiger partial charge in [-0.15, -0.1) is 0 Å². The number of rotatable bonds is 8. The third-order valence-electron chi connectivity index (χ3n) is 5.72. The number of piperidine rings is 1. The molecule has 1 aromatic carbocycles. The lowest BCUT2D eigenvalue weighted by Gasteiger charge is -2.29. The number of hydrazine groups is 1. The second-order valence-electron chi connectivity index (χ2n) is 9.66. The zero-order chi connectivity index (χ0) is 25.6. The van der Waals surface area contributed by atoms with Crippen molar-refractivity contribution in [2.45, 2.75) is 77.1 Å². The van der Waals surface area contributed by atoms with Gasteiger partial charge in [0, 0.05) is 6.54 Å². The monoisotopic (exact) mass is 489 g/mol. The van der Waals surface area contributed by atoms with E-state index >= 15 is 0 Å². The van der Waals surface area contributed by atoms with Crippen molar-refractivity contribution >= 4 is 23.9 Å². The van der Waals surface area contributed by atoms with Crippen LogP contribution in [0.25, 0.3) is 0 Å². The summed E-state index contributed by atoms with van der Waals surface area (Å²) in [7, 11) is 0. The summed E-state index contributed by atoms with van der Waals surface area (Å²) in [5.74, 6) is -1.16. The lowest BCUT2D eigenvalue weighted by molar-refractivity contribution is -0.133. The van der Waals surface area contributed by atoms with Crippen LogP contribution in [-0.4, -0.2) is 64.7 Å². The van der Waals surface area contributed by atoms with E-state index in [4.69, 9.17) is 9.57 Å². The molecule has 3 N–H and O–H groups in total. The highest BCUT2D eigenvalue weighted by Crippen LogP contribution is 2.30. The van der Waals surface area contributed by atoms with E-state index in [1.807, 2.05) is 6.92 Å². The molecule has 35 heavy (non-hydrogen) atoms. The molecule has 0 aliphatic carbocycles. The first kappa shape index (κ1) is 26.3. The molecule has 0 aromatic heterocycles. The number of nitrogens with zero attached hydrogens (tertiary/aromatic N) is 2. The summed E-state index contributed by atoms with van der Waals surface area (Å²) in [6, 6.07) is 6.36. The van der Waals surface area contributed by atoms with E-state index in [0.29, 0.717) is 31.6 Å². The third-order valence-corrected chi connectivity index (χ3v) is 5.72. The Morgan fingerprint density at radius 1 is 1.11 bits per heavy atom. The molecule has 2 heterocycles. The number of ether oxygens (including phenoxy) is 1. The summed E-state index contributed by atoms with van der Waals surface area (Å²) in [6.07, 6.45) is 2.09. The van der Waals surface area contributed by atoms with E-state index in [0.717, 1.165) is 12.8 Å². The normalized spacial score (nSPS) is 20.3.